The highest BCUT2D eigenvalue weighted by atomic mass is 79.9. The molecule has 1 aromatic carbocycles. The number of hydrogen-bond donors (Lipinski definition) is 1. The van der Waals surface area contributed by atoms with Crippen LogP contribution in [0.5, 0.6) is 0 Å². The Morgan fingerprint density at radius 1 is 1.11 bits per heavy atom. The fraction of sp³-hybridized carbons (Fsp3) is 0.385. The third-order valence-electron chi connectivity index (χ3n) is 2.98. The van der Waals surface area contributed by atoms with Gasteiger partial charge in [-0.05, 0) is 31.0 Å². The van der Waals surface area contributed by atoms with Crippen LogP contribution in [0.4, 0.5) is 0 Å². The van der Waals surface area contributed by atoms with E-state index in [0.29, 0.717) is 5.56 Å². The van der Waals surface area contributed by atoms with Gasteiger partial charge in [-0.25, -0.2) is 0 Å². The van der Waals surface area contributed by atoms with Crippen molar-refractivity contribution in [1.29, 1.82) is 0 Å². The van der Waals surface area contributed by atoms with E-state index in [9.17, 15) is 9.59 Å². The number of carbonyl (C=O) groups is 2. The molecule has 0 bridgehead atoms. The van der Waals surface area contributed by atoms with E-state index in [1.165, 1.54) is 0 Å². The van der Waals surface area contributed by atoms with Crippen molar-refractivity contribution in [3.8, 4) is 0 Å². The number of hydrogen-bond acceptors (Lipinski definition) is 2. The van der Waals surface area contributed by atoms with Gasteiger partial charge in [0.05, 0.1) is 6.54 Å². The maximum atomic E-state index is 11.9. The molecule has 2 rings (SSSR count). The molecule has 0 saturated carbocycles. The number of nitrogens with zero attached hydrogens (tertiary/aromatic N) is 1. The minimum atomic E-state index is -0.241. The lowest BCUT2D eigenvalue weighted by atomic mass is 10.2. The zero-order chi connectivity index (χ0) is 13.8. The summed E-state index contributed by atoms with van der Waals surface area (Å²) in [6.07, 6.45) is 2.11. The summed E-state index contributed by atoms with van der Waals surface area (Å²) >= 11 is 6.66. The van der Waals surface area contributed by atoms with E-state index in [1.54, 1.807) is 17.0 Å². The van der Waals surface area contributed by atoms with Crippen molar-refractivity contribution in [3.05, 3.63) is 32.7 Å². The van der Waals surface area contributed by atoms with Crippen molar-refractivity contribution in [3.63, 3.8) is 0 Å². The Kier molecular flexibility index (Phi) is 4.99. The summed E-state index contributed by atoms with van der Waals surface area (Å²) in [5.74, 6) is -0.255. The molecule has 1 aliphatic rings. The Morgan fingerprint density at radius 2 is 1.68 bits per heavy atom. The van der Waals surface area contributed by atoms with E-state index in [-0.39, 0.29) is 18.4 Å². The number of carbonyl (C=O) groups excluding carboxylic acids is 2. The summed E-state index contributed by atoms with van der Waals surface area (Å²) in [6, 6.07) is 5.30. The van der Waals surface area contributed by atoms with E-state index in [4.69, 9.17) is 0 Å². The highest BCUT2D eigenvalue weighted by Gasteiger charge is 2.18. The summed E-state index contributed by atoms with van der Waals surface area (Å²) in [4.78, 5) is 25.5. The van der Waals surface area contributed by atoms with Crippen molar-refractivity contribution in [1.82, 2.24) is 10.2 Å². The Balaban J connectivity index is 1.91. The molecular formula is C13H14Br2N2O2. The van der Waals surface area contributed by atoms with E-state index >= 15 is 0 Å². The number of rotatable bonds is 3. The van der Waals surface area contributed by atoms with Gasteiger partial charge in [-0.1, -0.05) is 31.9 Å². The first-order chi connectivity index (χ1) is 9.06. The SMILES string of the molecule is O=C(NCC(=O)N1CCCC1)c1cc(Br)cc(Br)c1. The fourth-order valence-corrected chi connectivity index (χ4v) is 3.31. The Bertz CT molecular complexity index is 479. The first-order valence-corrected chi connectivity index (χ1v) is 7.67. The third-order valence-corrected chi connectivity index (χ3v) is 3.90. The summed E-state index contributed by atoms with van der Waals surface area (Å²) < 4.78 is 1.63. The maximum absolute atomic E-state index is 11.9. The van der Waals surface area contributed by atoms with Crippen LogP contribution in [0.15, 0.2) is 27.1 Å². The normalized spacial score (nSPS) is 14.5. The molecule has 4 nitrogen and oxygen atoms in total. The summed E-state index contributed by atoms with van der Waals surface area (Å²) in [6.45, 7) is 1.66. The van der Waals surface area contributed by atoms with Crippen LogP contribution in [-0.2, 0) is 4.79 Å². The topological polar surface area (TPSA) is 49.4 Å². The van der Waals surface area contributed by atoms with Crippen LogP contribution in [0.2, 0.25) is 0 Å². The van der Waals surface area contributed by atoms with E-state index in [2.05, 4.69) is 37.2 Å². The number of amides is 2. The molecule has 19 heavy (non-hydrogen) atoms. The first-order valence-electron chi connectivity index (χ1n) is 6.08. The molecular weight excluding hydrogens is 376 g/mol. The van der Waals surface area contributed by atoms with Gasteiger partial charge in [0.15, 0.2) is 0 Å². The molecule has 0 aliphatic carbocycles. The minimum Gasteiger partial charge on any atom is -0.343 e. The van der Waals surface area contributed by atoms with Crippen LogP contribution in [0.25, 0.3) is 0 Å². The molecule has 0 radical (unpaired) electrons. The van der Waals surface area contributed by atoms with Crippen LogP contribution in [0, 0.1) is 0 Å². The van der Waals surface area contributed by atoms with Gasteiger partial charge in [0.25, 0.3) is 5.91 Å². The number of halogens is 2. The zero-order valence-electron chi connectivity index (χ0n) is 10.3. The van der Waals surface area contributed by atoms with Gasteiger partial charge >= 0.3 is 0 Å². The highest BCUT2D eigenvalue weighted by Crippen LogP contribution is 2.20. The fourth-order valence-electron chi connectivity index (χ4n) is 2.02. The quantitative estimate of drug-likeness (QED) is 0.863. The molecule has 1 aliphatic heterocycles. The Labute approximate surface area is 128 Å². The van der Waals surface area contributed by atoms with Gasteiger partial charge in [0.2, 0.25) is 5.91 Å². The number of benzene rings is 1. The average molecular weight is 390 g/mol. The lowest BCUT2D eigenvalue weighted by molar-refractivity contribution is -0.129. The van der Waals surface area contributed by atoms with Crippen molar-refractivity contribution in [2.45, 2.75) is 12.8 Å². The standard InChI is InChI=1S/C13H14Br2N2O2/c14-10-5-9(6-11(15)7-10)13(19)16-8-12(18)17-3-1-2-4-17/h5-7H,1-4,8H2,(H,16,19). The number of likely N-dealkylation sites (tertiary alicyclic amines) is 1. The smallest absolute Gasteiger partial charge is 0.251 e. The van der Waals surface area contributed by atoms with Crippen molar-refractivity contribution >= 4 is 43.7 Å². The van der Waals surface area contributed by atoms with Crippen LogP contribution in [0.1, 0.15) is 23.2 Å². The number of nitrogens with one attached hydrogen (secondary N) is 1. The molecule has 1 heterocycles. The molecule has 0 atom stereocenters. The molecule has 6 heteroatoms. The molecule has 2 amide bonds. The van der Waals surface area contributed by atoms with Gasteiger partial charge in [-0.15, -0.1) is 0 Å². The lowest BCUT2D eigenvalue weighted by Crippen LogP contribution is -2.38. The third kappa shape index (κ3) is 4.04. The van der Waals surface area contributed by atoms with Crippen LogP contribution in [0.3, 0.4) is 0 Å². The summed E-state index contributed by atoms with van der Waals surface area (Å²) in [5.41, 5.74) is 0.524. The largest absolute Gasteiger partial charge is 0.343 e. The minimum absolute atomic E-state index is 0.0140. The molecule has 0 spiro atoms. The van der Waals surface area contributed by atoms with E-state index in [0.717, 1.165) is 34.9 Å². The van der Waals surface area contributed by atoms with E-state index in [1.807, 2.05) is 6.07 Å². The average Bonchev–Trinajstić information content (AvgIpc) is 2.88. The monoisotopic (exact) mass is 388 g/mol. The zero-order valence-corrected chi connectivity index (χ0v) is 13.5. The van der Waals surface area contributed by atoms with E-state index < -0.39 is 0 Å². The second-order valence-electron chi connectivity index (χ2n) is 4.43. The second-order valence-corrected chi connectivity index (χ2v) is 6.26. The van der Waals surface area contributed by atoms with Crippen molar-refractivity contribution < 1.29 is 9.59 Å². The molecule has 1 saturated heterocycles. The Morgan fingerprint density at radius 3 is 2.26 bits per heavy atom. The predicted molar refractivity (Wildman–Crippen MR) is 80.0 cm³/mol. The lowest BCUT2D eigenvalue weighted by Gasteiger charge is -2.15. The van der Waals surface area contributed by atoms with Gasteiger partial charge in [0.1, 0.15) is 0 Å². The van der Waals surface area contributed by atoms with Crippen LogP contribution in [-0.4, -0.2) is 36.3 Å². The van der Waals surface area contributed by atoms with Crippen LogP contribution < -0.4 is 5.32 Å². The molecule has 1 aromatic rings. The van der Waals surface area contributed by atoms with Gasteiger partial charge < -0.3 is 10.2 Å². The molecule has 0 unspecified atom stereocenters. The summed E-state index contributed by atoms with van der Waals surface area (Å²) in [7, 11) is 0. The Hall–Kier alpha value is -0.880. The first kappa shape index (κ1) is 14.5. The van der Waals surface area contributed by atoms with Crippen LogP contribution >= 0.6 is 31.9 Å². The van der Waals surface area contributed by atoms with Crippen molar-refractivity contribution in [2.75, 3.05) is 19.6 Å². The van der Waals surface area contributed by atoms with Gasteiger partial charge in [0, 0.05) is 27.6 Å². The van der Waals surface area contributed by atoms with Gasteiger partial charge in [-0.2, -0.15) is 0 Å². The predicted octanol–water partition coefficient (Wildman–Crippen LogP) is 2.56. The molecule has 1 N–H and O–H groups in total. The van der Waals surface area contributed by atoms with Gasteiger partial charge in [-0.3, -0.25) is 9.59 Å². The molecule has 102 valence electrons. The second kappa shape index (κ2) is 6.52. The maximum Gasteiger partial charge on any atom is 0.251 e. The van der Waals surface area contributed by atoms with Crippen molar-refractivity contribution in [2.24, 2.45) is 0 Å². The molecule has 1 fully saturated rings. The molecule has 0 aromatic heterocycles. The highest BCUT2D eigenvalue weighted by molar-refractivity contribution is 9.11. The summed E-state index contributed by atoms with van der Waals surface area (Å²) in [5, 5.41) is 2.66.